The van der Waals surface area contributed by atoms with Crippen molar-refractivity contribution >= 4 is 28.6 Å². The highest BCUT2D eigenvalue weighted by molar-refractivity contribution is 7.12. The van der Waals surface area contributed by atoms with Crippen LogP contribution in [0.3, 0.4) is 0 Å². The predicted octanol–water partition coefficient (Wildman–Crippen LogP) is 3.29. The van der Waals surface area contributed by atoms with Gasteiger partial charge in [0.1, 0.15) is 0 Å². The number of rotatable bonds is 6. The number of aliphatic carboxylic acids is 1. The van der Waals surface area contributed by atoms with E-state index in [4.69, 9.17) is 5.11 Å². The summed E-state index contributed by atoms with van der Waals surface area (Å²) in [5.41, 5.74) is 0. The van der Waals surface area contributed by atoms with Crippen LogP contribution in [0.1, 0.15) is 27.6 Å². The van der Waals surface area contributed by atoms with Crippen LogP contribution in [0.15, 0.2) is 29.6 Å². The molecule has 2 N–H and O–H groups in total. The maximum atomic E-state index is 10.6. The minimum Gasteiger partial charge on any atom is -0.481 e. The van der Waals surface area contributed by atoms with Gasteiger partial charge in [0, 0.05) is 27.2 Å². The molecule has 18 heavy (non-hydrogen) atoms. The number of carboxylic acids is 1. The first-order valence-corrected chi connectivity index (χ1v) is 7.41. The first-order chi connectivity index (χ1) is 8.65. The zero-order valence-corrected chi connectivity index (χ0v) is 11.7. The smallest absolute Gasteiger partial charge is 0.308 e. The van der Waals surface area contributed by atoms with Gasteiger partial charge >= 0.3 is 5.97 Å². The van der Waals surface area contributed by atoms with E-state index < -0.39 is 5.97 Å². The molecule has 0 amide bonds. The Morgan fingerprint density at radius 3 is 2.83 bits per heavy atom. The molecular formula is C13H15NO2S2. The molecule has 0 fully saturated rings. The molecule has 0 unspecified atom stereocenters. The Kier molecular flexibility index (Phi) is 4.52. The van der Waals surface area contributed by atoms with Gasteiger partial charge in [-0.15, -0.1) is 22.7 Å². The third-order valence-electron chi connectivity index (χ3n) is 2.60. The minimum absolute atomic E-state index is 0.116. The van der Waals surface area contributed by atoms with Gasteiger partial charge in [0.2, 0.25) is 0 Å². The summed E-state index contributed by atoms with van der Waals surface area (Å²) >= 11 is 3.30. The van der Waals surface area contributed by atoms with Gasteiger partial charge in [-0.2, -0.15) is 0 Å². The van der Waals surface area contributed by atoms with Crippen LogP contribution in [0.25, 0.3) is 0 Å². The number of carboxylic acid groups (broad SMARTS) is 1. The van der Waals surface area contributed by atoms with Crippen molar-refractivity contribution in [2.75, 3.05) is 0 Å². The second kappa shape index (κ2) is 6.13. The summed E-state index contributed by atoms with van der Waals surface area (Å²) in [7, 11) is 0. The lowest BCUT2D eigenvalue weighted by Crippen LogP contribution is -2.16. The first kappa shape index (κ1) is 13.3. The van der Waals surface area contributed by atoms with E-state index in [0.717, 1.165) is 11.4 Å². The second-order valence-electron chi connectivity index (χ2n) is 4.06. The molecule has 0 saturated carbocycles. The second-order valence-corrected chi connectivity index (χ2v) is 6.29. The van der Waals surface area contributed by atoms with Crippen molar-refractivity contribution in [3.05, 3.63) is 44.3 Å². The third kappa shape index (κ3) is 3.66. The Balaban J connectivity index is 1.86. The lowest BCUT2D eigenvalue weighted by Gasteiger charge is -2.10. The standard InChI is InChI=1S/C13H15NO2S2/c1-9(12-3-2-6-17-12)14-8-11-5-4-10(18-11)7-13(15)16/h2-6,9,14H,7-8H2,1H3,(H,15,16)/t9-/m0/s1. The van der Waals surface area contributed by atoms with E-state index in [1.807, 2.05) is 18.2 Å². The van der Waals surface area contributed by atoms with E-state index in [2.05, 4.69) is 23.7 Å². The lowest BCUT2D eigenvalue weighted by atomic mass is 10.2. The van der Waals surface area contributed by atoms with Crippen molar-refractivity contribution in [3.8, 4) is 0 Å². The molecule has 2 aromatic rings. The van der Waals surface area contributed by atoms with Crippen LogP contribution in [-0.2, 0) is 17.8 Å². The maximum absolute atomic E-state index is 10.6. The minimum atomic E-state index is -0.775. The van der Waals surface area contributed by atoms with Crippen molar-refractivity contribution < 1.29 is 9.90 Å². The number of hydrogen-bond donors (Lipinski definition) is 2. The Labute approximate surface area is 114 Å². The molecule has 0 saturated heterocycles. The molecule has 0 spiro atoms. The van der Waals surface area contributed by atoms with E-state index in [1.54, 1.807) is 22.7 Å². The molecular weight excluding hydrogens is 266 g/mol. The van der Waals surface area contributed by atoms with Crippen molar-refractivity contribution in [1.29, 1.82) is 0 Å². The average molecular weight is 281 g/mol. The molecule has 0 aromatic carbocycles. The summed E-state index contributed by atoms with van der Waals surface area (Å²) in [6.45, 7) is 2.92. The highest BCUT2D eigenvalue weighted by Gasteiger charge is 2.08. The molecule has 0 bridgehead atoms. The van der Waals surface area contributed by atoms with Gasteiger partial charge in [0.25, 0.3) is 0 Å². The zero-order chi connectivity index (χ0) is 13.0. The Morgan fingerprint density at radius 2 is 2.17 bits per heavy atom. The van der Waals surface area contributed by atoms with E-state index in [0.29, 0.717) is 6.04 Å². The van der Waals surface area contributed by atoms with Gasteiger partial charge in [0.05, 0.1) is 6.42 Å². The Morgan fingerprint density at radius 1 is 1.39 bits per heavy atom. The molecule has 1 atom stereocenters. The maximum Gasteiger partial charge on any atom is 0.308 e. The van der Waals surface area contributed by atoms with Crippen LogP contribution >= 0.6 is 22.7 Å². The monoisotopic (exact) mass is 281 g/mol. The van der Waals surface area contributed by atoms with E-state index in [1.165, 1.54) is 9.75 Å². The van der Waals surface area contributed by atoms with Gasteiger partial charge in [-0.05, 0) is 30.5 Å². The summed E-state index contributed by atoms with van der Waals surface area (Å²) in [5.74, 6) is -0.775. The lowest BCUT2D eigenvalue weighted by molar-refractivity contribution is -0.136. The van der Waals surface area contributed by atoms with E-state index in [9.17, 15) is 4.79 Å². The fraction of sp³-hybridized carbons (Fsp3) is 0.308. The predicted molar refractivity (Wildman–Crippen MR) is 75.2 cm³/mol. The molecule has 5 heteroatoms. The van der Waals surface area contributed by atoms with Crippen LogP contribution in [0.5, 0.6) is 0 Å². The highest BCUT2D eigenvalue weighted by Crippen LogP contribution is 2.21. The summed E-state index contributed by atoms with van der Waals surface area (Å²) in [6.07, 6.45) is 0.116. The molecule has 2 heterocycles. The quantitative estimate of drug-likeness (QED) is 0.854. The van der Waals surface area contributed by atoms with Gasteiger partial charge < -0.3 is 10.4 Å². The molecule has 0 aliphatic rings. The number of carbonyl (C=O) groups is 1. The Hall–Kier alpha value is -1.17. The van der Waals surface area contributed by atoms with Crippen molar-refractivity contribution in [2.24, 2.45) is 0 Å². The Bertz CT molecular complexity index is 505. The number of nitrogens with one attached hydrogen (secondary N) is 1. The fourth-order valence-electron chi connectivity index (χ4n) is 1.65. The van der Waals surface area contributed by atoms with Crippen LogP contribution in [-0.4, -0.2) is 11.1 Å². The molecule has 0 aliphatic carbocycles. The average Bonchev–Trinajstić information content (AvgIpc) is 2.95. The van der Waals surface area contributed by atoms with Crippen LogP contribution in [0.4, 0.5) is 0 Å². The van der Waals surface area contributed by atoms with Crippen molar-refractivity contribution in [1.82, 2.24) is 5.32 Å². The molecule has 2 aromatic heterocycles. The van der Waals surface area contributed by atoms with Gasteiger partial charge in [0.15, 0.2) is 0 Å². The van der Waals surface area contributed by atoms with Crippen LogP contribution < -0.4 is 5.32 Å². The van der Waals surface area contributed by atoms with Crippen LogP contribution in [0, 0.1) is 0 Å². The highest BCUT2D eigenvalue weighted by atomic mass is 32.1. The van der Waals surface area contributed by atoms with Crippen molar-refractivity contribution in [3.63, 3.8) is 0 Å². The molecule has 0 aliphatic heterocycles. The van der Waals surface area contributed by atoms with Crippen molar-refractivity contribution in [2.45, 2.75) is 25.9 Å². The topological polar surface area (TPSA) is 49.3 Å². The zero-order valence-electron chi connectivity index (χ0n) is 10.1. The summed E-state index contributed by atoms with van der Waals surface area (Å²) < 4.78 is 0. The molecule has 2 rings (SSSR count). The van der Waals surface area contributed by atoms with E-state index in [-0.39, 0.29) is 6.42 Å². The van der Waals surface area contributed by atoms with Gasteiger partial charge in [-0.25, -0.2) is 0 Å². The number of thiophene rings is 2. The number of hydrogen-bond acceptors (Lipinski definition) is 4. The molecule has 0 radical (unpaired) electrons. The summed E-state index contributed by atoms with van der Waals surface area (Å²) in [4.78, 5) is 14.0. The molecule has 3 nitrogen and oxygen atoms in total. The van der Waals surface area contributed by atoms with Crippen LogP contribution in [0.2, 0.25) is 0 Å². The third-order valence-corrected chi connectivity index (χ3v) is 4.74. The summed E-state index contributed by atoms with van der Waals surface area (Å²) in [6, 6.07) is 8.39. The first-order valence-electron chi connectivity index (χ1n) is 5.71. The van der Waals surface area contributed by atoms with E-state index >= 15 is 0 Å². The van der Waals surface area contributed by atoms with Gasteiger partial charge in [-0.3, -0.25) is 4.79 Å². The van der Waals surface area contributed by atoms with Gasteiger partial charge in [-0.1, -0.05) is 6.07 Å². The largest absolute Gasteiger partial charge is 0.481 e. The fourth-order valence-corrected chi connectivity index (χ4v) is 3.37. The summed E-state index contributed by atoms with van der Waals surface area (Å²) in [5, 5.41) is 14.2. The normalized spacial score (nSPS) is 12.5. The SMILES string of the molecule is C[C@H](NCc1ccc(CC(=O)O)s1)c1cccs1. The molecule has 96 valence electrons.